The summed E-state index contributed by atoms with van der Waals surface area (Å²) in [5.41, 5.74) is 5.95. The molecule has 0 radical (unpaired) electrons. The van der Waals surface area contributed by atoms with Crippen molar-refractivity contribution in [2.75, 3.05) is 0 Å². The van der Waals surface area contributed by atoms with Crippen molar-refractivity contribution in [3.8, 4) is 0 Å². The zero-order valence-electron chi connectivity index (χ0n) is 26.5. The normalized spacial score (nSPS) is 31.7. The Labute approximate surface area is 270 Å². The molecule has 0 unspecified atom stereocenters. The fourth-order valence-corrected chi connectivity index (χ4v) is 9.20. The quantitative estimate of drug-likeness (QED) is 0.202. The van der Waals surface area contributed by atoms with Crippen LogP contribution < -0.4 is 10.6 Å². The summed E-state index contributed by atoms with van der Waals surface area (Å²) in [5, 5.41) is 16.1. The van der Waals surface area contributed by atoms with Gasteiger partial charge < -0.3 is 29.8 Å². The number of nitrogens with one attached hydrogen (secondary N) is 2. The average Bonchev–Trinajstić information content (AvgIpc) is 3.47. The van der Waals surface area contributed by atoms with Crippen LogP contribution in [-0.2, 0) is 29.2 Å². The van der Waals surface area contributed by atoms with Crippen LogP contribution in [0.15, 0.2) is 79.1 Å². The van der Waals surface area contributed by atoms with Crippen molar-refractivity contribution < 1.29 is 19.4 Å². The Morgan fingerprint density at radius 1 is 0.891 bits per heavy atom. The predicted octanol–water partition coefficient (Wildman–Crippen LogP) is 6.79. The number of benzene rings is 3. The van der Waals surface area contributed by atoms with Gasteiger partial charge in [0.2, 0.25) is 0 Å². The minimum Gasteiger partial charge on any atom is -0.392 e. The second kappa shape index (κ2) is 12.1. The number of aliphatic hydroxyl groups is 1. The van der Waals surface area contributed by atoms with Gasteiger partial charge in [0, 0.05) is 23.6 Å². The Morgan fingerprint density at radius 2 is 1.54 bits per heavy atom. The standard InChI is InChI=1S/C38H44N4O4/c1-24-34(21-42-23-40-32-4-2-3-5-33(32)42)45-36(46-35(24)30-10-8-26(22-43)9-11-30)31-12-6-25(7-13-31)20-39-37(44)41-38-17-27-14-28(18-38)16-29(15-27)19-38/h2-13,23-24,27-29,34-36,43H,14-22H2,1H3,(H2,39,41,44)/t24-,27?,28?,29?,34+,35+,36+,38?/m1/s1. The third kappa shape index (κ3) is 5.83. The third-order valence-corrected chi connectivity index (χ3v) is 11.1. The Kier molecular flexibility index (Phi) is 7.83. The predicted molar refractivity (Wildman–Crippen MR) is 175 cm³/mol. The van der Waals surface area contributed by atoms with Gasteiger partial charge >= 0.3 is 6.03 Å². The van der Waals surface area contributed by atoms with E-state index in [1.54, 1.807) is 0 Å². The van der Waals surface area contributed by atoms with Crippen molar-refractivity contribution in [3.05, 3.63) is 101 Å². The average molecular weight is 621 g/mol. The number of carbonyl (C=O) groups excluding carboxylic acids is 1. The molecule has 8 nitrogen and oxygen atoms in total. The van der Waals surface area contributed by atoms with Gasteiger partial charge in [0.15, 0.2) is 6.29 Å². The topological polar surface area (TPSA) is 97.6 Å². The lowest BCUT2D eigenvalue weighted by Crippen LogP contribution is -2.61. The molecule has 5 fully saturated rings. The number of aromatic nitrogens is 2. The van der Waals surface area contributed by atoms with Crippen LogP contribution in [0.4, 0.5) is 4.79 Å². The Hall–Kier alpha value is -3.72. The zero-order chi connectivity index (χ0) is 31.3. The SMILES string of the molecule is C[C@@H]1[C@H](Cn2cnc3ccccc32)O[C@H](c2ccc(CNC(=O)NC34CC5CC(CC(C5)C3)C4)cc2)O[C@@H]1c1ccc(CO)cc1. The summed E-state index contributed by atoms with van der Waals surface area (Å²) in [6.07, 6.45) is 8.52. The number of nitrogens with zero attached hydrogens (tertiary/aromatic N) is 2. The highest BCUT2D eigenvalue weighted by Gasteiger charge is 2.51. The zero-order valence-corrected chi connectivity index (χ0v) is 26.5. The van der Waals surface area contributed by atoms with E-state index in [2.05, 4.69) is 45.3 Å². The molecule has 1 aliphatic heterocycles. The van der Waals surface area contributed by atoms with Gasteiger partial charge in [-0.25, -0.2) is 9.78 Å². The maximum absolute atomic E-state index is 13.0. The Bertz CT molecular complexity index is 1650. The van der Waals surface area contributed by atoms with Crippen molar-refractivity contribution in [2.24, 2.45) is 23.7 Å². The van der Waals surface area contributed by atoms with Crippen molar-refractivity contribution in [2.45, 2.75) is 89.2 Å². The molecule has 2 amide bonds. The monoisotopic (exact) mass is 620 g/mol. The van der Waals surface area contributed by atoms with E-state index in [1.165, 1.54) is 19.3 Å². The van der Waals surface area contributed by atoms with Crippen LogP contribution in [0.25, 0.3) is 11.0 Å². The summed E-state index contributed by atoms with van der Waals surface area (Å²) >= 11 is 0. The van der Waals surface area contributed by atoms with Crippen molar-refractivity contribution in [1.82, 2.24) is 20.2 Å². The number of hydrogen-bond donors (Lipinski definition) is 3. The van der Waals surface area contributed by atoms with Gasteiger partial charge in [-0.1, -0.05) is 67.6 Å². The highest BCUT2D eigenvalue weighted by Crippen LogP contribution is 2.55. The minimum atomic E-state index is -0.556. The van der Waals surface area contributed by atoms with E-state index in [4.69, 9.17) is 9.47 Å². The van der Waals surface area contributed by atoms with Crippen molar-refractivity contribution >= 4 is 17.1 Å². The molecule has 240 valence electrons. The number of carbonyl (C=O) groups is 1. The first-order valence-corrected chi connectivity index (χ1v) is 17.0. The number of fused-ring (bicyclic) bond motifs is 1. The molecule has 4 aromatic rings. The van der Waals surface area contributed by atoms with Crippen LogP contribution in [0.1, 0.15) is 80.1 Å². The van der Waals surface area contributed by atoms with Gasteiger partial charge in [-0.2, -0.15) is 0 Å². The van der Waals surface area contributed by atoms with Crippen LogP contribution in [-0.4, -0.2) is 32.3 Å². The molecule has 0 spiro atoms. The first-order valence-electron chi connectivity index (χ1n) is 17.0. The molecule has 3 aromatic carbocycles. The summed E-state index contributed by atoms with van der Waals surface area (Å²) in [6.45, 7) is 3.30. The molecule has 2 heterocycles. The lowest BCUT2D eigenvalue weighted by molar-refractivity contribution is -0.276. The summed E-state index contributed by atoms with van der Waals surface area (Å²) in [4.78, 5) is 17.6. The van der Waals surface area contributed by atoms with Gasteiger partial charge in [0.25, 0.3) is 0 Å². The molecule has 3 N–H and O–H groups in total. The number of rotatable bonds is 8. The molecule has 4 aliphatic carbocycles. The van der Waals surface area contributed by atoms with Crippen LogP contribution >= 0.6 is 0 Å². The van der Waals surface area contributed by atoms with E-state index >= 15 is 0 Å². The van der Waals surface area contributed by atoms with Gasteiger partial charge in [-0.15, -0.1) is 0 Å². The molecule has 9 rings (SSSR count). The van der Waals surface area contributed by atoms with E-state index in [0.29, 0.717) is 13.1 Å². The van der Waals surface area contributed by atoms with Gasteiger partial charge in [0.05, 0.1) is 42.7 Å². The highest BCUT2D eigenvalue weighted by molar-refractivity contribution is 5.75. The van der Waals surface area contributed by atoms with E-state index in [-0.39, 0.29) is 36.3 Å². The summed E-state index contributed by atoms with van der Waals surface area (Å²) in [6, 6.07) is 24.3. The Balaban J connectivity index is 0.961. The second-order valence-corrected chi connectivity index (χ2v) is 14.5. The molecular formula is C38H44N4O4. The smallest absolute Gasteiger partial charge is 0.315 e. The molecule has 4 atom stereocenters. The highest BCUT2D eigenvalue weighted by atomic mass is 16.7. The number of aliphatic hydroxyl groups excluding tert-OH is 1. The molecule has 4 saturated carbocycles. The van der Waals surface area contributed by atoms with E-state index in [9.17, 15) is 9.90 Å². The largest absolute Gasteiger partial charge is 0.392 e. The number of hydrogen-bond acceptors (Lipinski definition) is 5. The van der Waals surface area contributed by atoms with E-state index in [1.807, 2.05) is 60.9 Å². The lowest BCUT2D eigenvalue weighted by Gasteiger charge is -2.56. The lowest BCUT2D eigenvalue weighted by atomic mass is 9.53. The molecule has 4 bridgehead atoms. The third-order valence-electron chi connectivity index (χ3n) is 11.1. The van der Waals surface area contributed by atoms with Crippen LogP contribution in [0.5, 0.6) is 0 Å². The fraction of sp³-hybridized carbons (Fsp3) is 0.474. The minimum absolute atomic E-state index is 0.00395. The number of imidazole rings is 1. The molecule has 1 saturated heterocycles. The molecule has 46 heavy (non-hydrogen) atoms. The van der Waals surface area contributed by atoms with Crippen LogP contribution in [0, 0.1) is 23.7 Å². The summed E-state index contributed by atoms with van der Waals surface area (Å²) in [5.74, 6) is 2.45. The molecule has 1 aromatic heterocycles. The number of para-hydroxylation sites is 2. The molecule has 8 heteroatoms. The van der Waals surface area contributed by atoms with E-state index in [0.717, 1.165) is 70.3 Å². The first kappa shape index (κ1) is 29.7. The van der Waals surface area contributed by atoms with Gasteiger partial charge in [-0.05, 0) is 85.1 Å². The van der Waals surface area contributed by atoms with Crippen LogP contribution in [0.2, 0.25) is 0 Å². The number of urea groups is 1. The molecular weight excluding hydrogens is 576 g/mol. The summed E-state index contributed by atoms with van der Waals surface area (Å²) in [7, 11) is 0. The van der Waals surface area contributed by atoms with Gasteiger partial charge in [-0.3, -0.25) is 0 Å². The number of ether oxygens (including phenoxy) is 2. The maximum atomic E-state index is 13.0. The summed E-state index contributed by atoms with van der Waals surface area (Å²) < 4.78 is 15.5. The Morgan fingerprint density at radius 3 is 2.24 bits per heavy atom. The van der Waals surface area contributed by atoms with Crippen molar-refractivity contribution in [1.29, 1.82) is 0 Å². The van der Waals surface area contributed by atoms with E-state index < -0.39 is 6.29 Å². The van der Waals surface area contributed by atoms with Gasteiger partial charge in [0.1, 0.15) is 0 Å². The van der Waals surface area contributed by atoms with Crippen LogP contribution in [0.3, 0.4) is 0 Å². The molecule has 5 aliphatic rings. The number of amides is 2. The maximum Gasteiger partial charge on any atom is 0.315 e. The van der Waals surface area contributed by atoms with Crippen molar-refractivity contribution in [3.63, 3.8) is 0 Å². The first-order chi connectivity index (χ1) is 22.4. The fourth-order valence-electron chi connectivity index (χ4n) is 9.20. The second-order valence-electron chi connectivity index (χ2n) is 14.5.